The van der Waals surface area contributed by atoms with Crippen LogP contribution in [0.1, 0.15) is 0 Å². The number of anilines is 1. The first-order valence-corrected chi connectivity index (χ1v) is 8.65. The Balaban J connectivity index is 2.10. The number of thioether (sulfide) groups is 1. The molecule has 1 heterocycles. The summed E-state index contributed by atoms with van der Waals surface area (Å²) in [6, 6.07) is 5.83. The Labute approximate surface area is 138 Å². The number of carbonyl (C=O) groups excluding carboxylic acids is 1. The van der Waals surface area contributed by atoms with Crippen LogP contribution in [0.4, 0.5) is 10.5 Å². The van der Waals surface area contributed by atoms with E-state index in [9.17, 15) is 13.8 Å². The molecule has 1 unspecified atom stereocenters. The third-order valence-corrected chi connectivity index (χ3v) is 4.53. The van der Waals surface area contributed by atoms with Gasteiger partial charge in [0.1, 0.15) is 0 Å². The predicted octanol–water partition coefficient (Wildman–Crippen LogP) is 0.558. The fourth-order valence-corrected chi connectivity index (χ4v) is 3.00. The standard InChI is InChI=1S/C12H15N5O4S2/c1-13-8-6-4-5-7-9(8)23(20)21-15-10(18)17-12(19)16(2)11(14-17)22-3/h4-7,13H,1-3H3,(H,15,18). The molecule has 1 amide bonds. The Morgan fingerprint density at radius 2 is 2.09 bits per heavy atom. The smallest absolute Gasteiger partial charge is 0.371 e. The van der Waals surface area contributed by atoms with Crippen LogP contribution < -0.4 is 16.5 Å². The van der Waals surface area contributed by atoms with Gasteiger partial charge in [-0.15, -0.1) is 9.78 Å². The Bertz CT molecular complexity index is 801. The number of benzene rings is 1. The fourth-order valence-electron chi connectivity index (χ4n) is 1.71. The van der Waals surface area contributed by atoms with Crippen LogP contribution in [0.15, 0.2) is 39.1 Å². The fraction of sp³-hybridized carbons (Fsp3) is 0.250. The lowest BCUT2D eigenvalue weighted by atomic mass is 10.3. The van der Waals surface area contributed by atoms with Crippen LogP contribution in [0.25, 0.3) is 0 Å². The average Bonchev–Trinajstić information content (AvgIpc) is 2.87. The predicted molar refractivity (Wildman–Crippen MR) is 86.7 cm³/mol. The summed E-state index contributed by atoms with van der Waals surface area (Å²) in [5, 5.41) is 7.07. The second-order valence-corrected chi connectivity index (χ2v) is 6.06. The van der Waals surface area contributed by atoms with Gasteiger partial charge in [0.25, 0.3) is 0 Å². The first-order valence-electron chi connectivity index (χ1n) is 6.35. The first kappa shape index (κ1) is 17.2. The third kappa shape index (κ3) is 3.63. The molecule has 0 radical (unpaired) electrons. The highest BCUT2D eigenvalue weighted by Crippen LogP contribution is 2.18. The number of aromatic nitrogens is 3. The molecule has 2 rings (SSSR count). The van der Waals surface area contributed by atoms with Crippen molar-refractivity contribution in [3.05, 3.63) is 34.7 Å². The van der Waals surface area contributed by atoms with E-state index in [4.69, 9.17) is 4.28 Å². The molecule has 1 aromatic carbocycles. The largest absolute Gasteiger partial charge is 0.387 e. The van der Waals surface area contributed by atoms with Crippen LogP contribution in [0.2, 0.25) is 0 Å². The summed E-state index contributed by atoms with van der Waals surface area (Å²) in [4.78, 5) is 24.1. The summed E-state index contributed by atoms with van der Waals surface area (Å²) in [7, 11) is 3.17. The molecule has 0 aliphatic heterocycles. The van der Waals surface area contributed by atoms with Gasteiger partial charge in [0.05, 0.1) is 10.6 Å². The van der Waals surface area contributed by atoms with Crippen molar-refractivity contribution in [2.75, 3.05) is 18.6 Å². The number of carbonyl (C=O) groups is 1. The molecule has 0 fully saturated rings. The molecule has 0 aliphatic carbocycles. The normalized spacial score (nSPS) is 12.0. The van der Waals surface area contributed by atoms with E-state index in [0.717, 1.165) is 0 Å². The van der Waals surface area contributed by atoms with Crippen LogP contribution in [-0.4, -0.2) is 37.9 Å². The maximum atomic E-state index is 12.1. The quantitative estimate of drug-likeness (QED) is 0.594. The van der Waals surface area contributed by atoms with Crippen LogP contribution in [-0.2, 0) is 22.4 Å². The van der Waals surface area contributed by atoms with E-state index < -0.39 is 22.8 Å². The summed E-state index contributed by atoms with van der Waals surface area (Å²) in [6.07, 6.45) is 1.73. The second kappa shape index (κ2) is 7.44. The molecule has 2 N–H and O–H groups in total. The van der Waals surface area contributed by atoms with Gasteiger partial charge in [0.2, 0.25) is 11.1 Å². The Hall–Kier alpha value is -2.11. The van der Waals surface area contributed by atoms with Gasteiger partial charge < -0.3 is 5.32 Å². The van der Waals surface area contributed by atoms with Gasteiger partial charge in [-0.05, 0) is 18.4 Å². The Kier molecular flexibility index (Phi) is 5.58. The van der Waals surface area contributed by atoms with Crippen molar-refractivity contribution in [1.82, 2.24) is 19.8 Å². The molecule has 9 nitrogen and oxygen atoms in total. The molecular formula is C12H15N5O4S2. The molecule has 0 aliphatic rings. The van der Waals surface area contributed by atoms with Crippen molar-refractivity contribution in [3.63, 3.8) is 0 Å². The Morgan fingerprint density at radius 1 is 1.39 bits per heavy atom. The average molecular weight is 357 g/mol. The number of amides is 1. The van der Waals surface area contributed by atoms with E-state index in [1.54, 1.807) is 37.6 Å². The molecule has 11 heteroatoms. The minimum Gasteiger partial charge on any atom is -0.387 e. The Morgan fingerprint density at radius 3 is 2.70 bits per heavy atom. The SMILES string of the molecule is CNc1ccccc1S(=O)ONC(=O)n1nc(SC)n(C)c1=O. The van der Waals surface area contributed by atoms with E-state index >= 15 is 0 Å². The van der Waals surface area contributed by atoms with E-state index in [0.29, 0.717) is 20.4 Å². The van der Waals surface area contributed by atoms with Crippen molar-refractivity contribution in [1.29, 1.82) is 0 Å². The van der Waals surface area contributed by atoms with Crippen molar-refractivity contribution in [2.45, 2.75) is 10.1 Å². The van der Waals surface area contributed by atoms with Crippen LogP contribution in [0.5, 0.6) is 0 Å². The number of nitrogens with one attached hydrogen (secondary N) is 2. The van der Waals surface area contributed by atoms with Gasteiger partial charge in [0, 0.05) is 14.1 Å². The van der Waals surface area contributed by atoms with Crippen LogP contribution >= 0.6 is 11.8 Å². The lowest BCUT2D eigenvalue weighted by Gasteiger charge is -2.08. The molecule has 0 spiro atoms. The molecule has 124 valence electrons. The number of para-hydroxylation sites is 1. The van der Waals surface area contributed by atoms with E-state index in [1.807, 2.05) is 5.48 Å². The molecule has 23 heavy (non-hydrogen) atoms. The summed E-state index contributed by atoms with van der Waals surface area (Å²) in [5.74, 6) is 0. The maximum absolute atomic E-state index is 12.1. The minimum absolute atomic E-state index is 0.355. The van der Waals surface area contributed by atoms with Gasteiger partial charge in [0.15, 0.2) is 5.16 Å². The van der Waals surface area contributed by atoms with Crippen molar-refractivity contribution >= 4 is 34.6 Å². The third-order valence-electron chi connectivity index (χ3n) is 2.86. The van der Waals surface area contributed by atoms with Gasteiger partial charge in [-0.2, -0.15) is 9.76 Å². The van der Waals surface area contributed by atoms with Gasteiger partial charge in [-0.25, -0.2) is 13.8 Å². The molecule has 1 aromatic heterocycles. The summed E-state index contributed by atoms with van der Waals surface area (Å²) in [6.45, 7) is 0. The zero-order valence-corrected chi connectivity index (χ0v) is 14.2. The highest BCUT2D eigenvalue weighted by Gasteiger charge is 2.17. The molecular weight excluding hydrogens is 342 g/mol. The number of rotatable bonds is 5. The van der Waals surface area contributed by atoms with Crippen LogP contribution in [0, 0.1) is 0 Å². The maximum Gasteiger partial charge on any atom is 0.371 e. The molecule has 0 saturated heterocycles. The van der Waals surface area contributed by atoms with Gasteiger partial charge >= 0.3 is 11.7 Å². The van der Waals surface area contributed by atoms with Gasteiger partial charge in [-0.1, -0.05) is 23.9 Å². The number of hydrogen-bond donors (Lipinski definition) is 2. The lowest BCUT2D eigenvalue weighted by Crippen LogP contribution is -2.37. The van der Waals surface area contributed by atoms with Crippen molar-refractivity contribution in [2.24, 2.45) is 7.05 Å². The molecule has 0 bridgehead atoms. The van der Waals surface area contributed by atoms with E-state index in [1.165, 1.54) is 23.4 Å². The van der Waals surface area contributed by atoms with Crippen LogP contribution in [0.3, 0.4) is 0 Å². The lowest BCUT2D eigenvalue weighted by molar-refractivity contribution is 0.186. The van der Waals surface area contributed by atoms with Gasteiger partial charge in [-0.3, -0.25) is 4.57 Å². The zero-order valence-electron chi connectivity index (χ0n) is 12.6. The zero-order chi connectivity index (χ0) is 17.0. The van der Waals surface area contributed by atoms with Crippen molar-refractivity contribution < 1.29 is 13.3 Å². The van der Waals surface area contributed by atoms with E-state index in [-0.39, 0.29) is 0 Å². The first-order chi connectivity index (χ1) is 11.0. The highest BCUT2D eigenvalue weighted by molar-refractivity contribution is 7.98. The van der Waals surface area contributed by atoms with E-state index in [2.05, 4.69) is 10.4 Å². The summed E-state index contributed by atoms with van der Waals surface area (Å²) in [5.41, 5.74) is 1.93. The summed E-state index contributed by atoms with van der Waals surface area (Å²) < 4.78 is 18.8. The number of nitrogens with zero attached hydrogens (tertiary/aromatic N) is 3. The molecule has 1 atom stereocenters. The highest BCUT2D eigenvalue weighted by atomic mass is 32.2. The number of hydroxylamine groups is 1. The topological polar surface area (TPSA) is 107 Å². The van der Waals surface area contributed by atoms with Crippen molar-refractivity contribution in [3.8, 4) is 0 Å². The minimum atomic E-state index is -1.95. The monoisotopic (exact) mass is 357 g/mol. The second-order valence-electron chi connectivity index (χ2n) is 4.21. The summed E-state index contributed by atoms with van der Waals surface area (Å²) >= 11 is -0.730. The molecule has 0 saturated carbocycles. The molecule has 2 aromatic rings. The number of hydrogen-bond acceptors (Lipinski definition) is 7.